The van der Waals surface area contributed by atoms with Gasteiger partial charge in [0.05, 0.1) is 23.8 Å². The molecular weight excluding hydrogens is 572 g/mol. The SMILES string of the molecule is COc1cc(OC(=O)c2ccccc2)cc(OC(=O)c2ccccc2)c1C(=O)/C=C/c1ccc(OC(=O)c2ccccc2)cc1. The Hall–Kier alpha value is -6.28. The lowest BCUT2D eigenvalue weighted by Crippen LogP contribution is -2.13. The van der Waals surface area contributed by atoms with Crippen LogP contribution in [0.15, 0.2) is 133 Å². The van der Waals surface area contributed by atoms with Gasteiger partial charge in [-0.2, -0.15) is 0 Å². The minimum atomic E-state index is -0.720. The molecule has 0 bridgehead atoms. The highest BCUT2D eigenvalue weighted by molar-refractivity contribution is 6.11. The minimum absolute atomic E-state index is 0.0118. The molecule has 0 aliphatic heterocycles. The van der Waals surface area contributed by atoms with Gasteiger partial charge in [0.25, 0.3) is 0 Å². The van der Waals surface area contributed by atoms with Crippen LogP contribution < -0.4 is 18.9 Å². The number of carbonyl (C=O) groups excluding carboxylic acids is 4. The van der Waals surface area contributed by atoms with Crippen LogP contribution in [0.1, 0.15) is 47.0 Å². The summed E-state index contributed by atoms with van der Waals surface area (Å²) in [6.07, 6.45) is 2.84. The van der Waals surface area contributed by atoms with Crippen molar-refractivity contribution in [2.45, 2.75) is 0 Å². The number of ether oxygens (including phenoxy) is 4. The molecular formula is C37H26O8. The second-order valence-corrected chi connectivity index (χ2v) is 9.53. The molecule has 0 fully saturated rings. The van der Waals surface area contributed by atoms with E-state index in [9.17, 15) is 19.2 Å². The molecule has 222 valence electrons. The highest BCUT2D eigenvalue weighted by Gasteiger charge is 2.23. The summed E-state index contributed by atoms with van der Waals surface area (Å²) in [7, 11) is 1.34. The zero-order valence-corrected chi connectivity index (χ0v) is 24.0. The van der Waals surface area contributed by atoms with Crippen molar-refractivity contribution >= 4 is 29.8 Å². The number of rotatable bonds is 10. The number of ketones is 1. The van der Waals surface area contributed by atoms with Crippen molar-refractivity contribution in [1.82, 2.24) is 0 Å². The van der Waals surface area contributed by atoms with Gasteiger partial charge < -0.3 is 18.9 Å². The van der Waals surface area contributed by atoms with Gasteiger partial charge in [0.15, 0.2) is 5.78 Å². The van der Waals surface area contributed by atoms with Crippen molar-refractivity contribution in [2.24, 2.45) is 0 Å². The second kappa shape index (κ2) is 14.3. The zero-order valence-electron chi connectivity index (χ0n) is 24.0. The van der Waals surface area contributed by atoms with E-state index in [1.165, 1.54) is 25.3 Å². The van der Waals surface area contributed by atoms with Gasteiger partial charge in [-0.1, -0.05) is 72.8 Å². The fourth-order valence-corrected chi connectivity index (χ4v) is 4.22. The standard InChI is InChI=1S/C37H26O8/c1-42-32-23-30(44-36(40)27-13-7-3-8-14-27)24-33(45-37(41)28-15-9-4-10-16-28)34(32)31(38)22-19-25-17-20-29(21-18-25)43-35(39)26-11-5-2-6-12-26/h2-24H,1H3/b22-19+. The summed E-state index contributed by atoms with van der Waals surface area (Å²) in [6, 6.07) is 34.4. The van der Waals surface area contributed by atoms with Crippen LogP contribution in [0.2, 0.25) is 0 Å². The summed E-state index contributed by atoms with van der Waals surface area (Å²) in [5.74, 6) is -2.17. The van der Waals surface area contributed by atoms with Gasteiger partial charge in [0.1, 0.15) is 28.6 Å². The van der Waals surface area contributed by atoms with Gasteiger partial charge in [-0.05, 0) is 60.2 Å². The first kappa shape index (κ1) is 30.2. The van der Waals surface area contributed by atoms with E-state index < -0.39 is 23.7 Å². The van der Waals surface area contributed by atoms with Gasteiger partial charge >= 0.3 is 17.9 Å². The molecule has 0 spiro atoms. The predicted molar refractivity (Wildman–Crippen MR) is 167 cm³/mol. The molecule has 0 aliphatic rings. The molecule has 0 aromatic heterocycles. The summed E-state index contributed by atoms with van der Waals surface area (Å²) < 4.78 is 22.1. The first-order valence-electron chi connectivity index (χ1n) is 13.8. The maximum Gasteiger partial charge on any atom is 0.343 e. The molecule has 0 aliphatic carbocycles. The monoisotopic (exact) mass is 598 g/mol. The first-order chi connectivity index (χ1) is 21.9. The van der Waals surface area contributed by atoms with E-state index >= 15 is 0 Å². The van der Waals surface area contributed by atoms with Crippen molar-refractivity contribution in [3.05, 3.63) is 161 Å². The van der Waals surface area contributed by atoms with Crippen LogP contribution in [-0.4, -0.2) is 30.8 Å². The van der Waals surface area contributed by atoms with E-state index in [4.69, 9.17) is 18.9 Å². The predicted octanol–water partition coefficient (Wildman–Crippen LogP) is 7.25. The normalized spacial score (nSPS) is 10.6. The summed E-state index contributed by atoms with van der Waals surface area (Å²) >= 11 is 0. The van der Waals surface area contributed by atoms with Crippen LogP contribution in [0.25, 0.3) is 6.08 Å². The third-order valence-corrected chi connectivity index (χ3v) is 6.47. The Morgan fingerprint density at radius 2 is 0.956 bits per heavy atom. The average Bonchev–Trinajstić information content (AvgIpc) is 3.08. The molecule has 45 heavy (non-hydrogen) atoms. The van der Waals surface area contributed by atoms with Crippen LogP contribution in [-0.2, 0) is 0 Å². The molecule has 8 nitrogen and oxygen atoms in total. The lowest BCUT2D eigenvalue weighted by atomic mass is 10.1. The summed E-state index contributed by atoms with van der Waals surface area (Å²) in [5, 5.41) is 0. The summed E-state index contributed by atoms with van der Waals surface area (Å²) in [6.45, 7) is 0. The molecule has 0 radical (unpaired) electrons. The molecule has 0 N–H and O–H groups in total. The Morgan fingerprint density at radius 1 is 0.511 bits per heavy atom. The molecule has 0 atom stereocenters. The van der Waals surface area contributed by atoms with Gasteiger partial charge in [0.2, 0.25) is 0 Å². The average molecular weight is 599 g/mol. The second-order valence-electron chi connectivity index (χ2n) is 9.53. The lowest BCUT2D eigenvalue weighted by Gasteiger charge is -2.15. The van der Waals surface area contributed by atoms with Crippen LogP contribution in [0.3, 0.4) is 0 Å². The van der Waals surface area contributed by atoms with Crippen LogP contribution in [0.5, 0.6) is 23.0 Å². The fraction of sp³-hybridized carbons (Fsp3) is 0.0270. The molecule has 5 aromatic carbocycles. The maximum atomic E-state index is 13.5. The fourth-order valence-electron chi connectivity index (χ4n) is 4.22. The zero-order chi connectivity index (χ0) is 31.6. The number of benzene rings is 5. The van der Waals surface area contributed by atoms with Crippen LogP contribution in [0, 0.1) is 0 Å². The van der Waals surface area contributed by atoms with E-state index in [-0.39, 0.29) is 28.4 Å². The van der Waals surface area contributed by atoms with Crippen molar-refractivity contribution in [2.75, 3.05) is 7.11 Å². The Kier molecular flexibility index (Phi) is 9.57. The number of esters is 3. The molecule has 0 amide bonds. The number of allylic oxidation sites excluding steroid dienone is 1. The Bertz CT molecular complexity index is 1850. The number of hydrogen-bond acceptors (Lipinski definition) is 8. The van der Waals surface area contributed by atoms with Crippen molar-refractivity contribution in [1.29, 1.82) is 0 Å². The van der Waals surface area contributed by atoms with E-state index in [0.29, 0.717) is 22.4 Å². The first-order valence-corrected chi connectivity index (χ1v) is 13.8. The van der Waals surface area contributed by atoms with Crippen molar-refractivity contribution < 1.29 is 38.1 Å². The van der Waals surface area contributed by atoms with E-state index in [1.54, 1.807) is 121 Å². The largest absolute Gasteiger partial charge is 0.496 e. The Morgan fingerprint density at radius 3 is 1.44 bits per heavy atom. The highest BCUT2D eigenvalue weighted by Crippen LogP contribution is 2.36. The van der Waals surface area contributed by atoms with Gasteiger partial charge in [-0.15, -0.1) is 0 Å². The maximum absolute atomic E-state index is 13.5. The quantitative estimate of drug-likeness (QED) is 0.0717. The van der Waals surface area contributed by atoms with Crippen LogP contribution in [0.4, 0.5) is 0 Å². The Balaban J connectivity index is 1.40. The van der Waals surface area contributed by atoms with Crippen LogP contribution >= 0.6 is 0 Å². The number of hydrogen-bond donors (Lipinski definition) is 0. The van der Waals surface area contributed by atoms with Gasteiger partial charge in [-0.3, -0.25) is 4.79 Å². The van der Waals surface area contributed by atoms with Gasteiger partial charge in [-0.25, -0.2) is 14.4 Å². The van der Waals surface area contributed by atoms with E-state index in [1.807, 2.05) is 0 Å². The Labute approximate surface area is 259 Å². The van der Waals surface area contributed by atoms with Crippen molar-refractivity contribution in [3.8, 4) is 23.0 Å². The molecule has 5 rings (SSSR count). The smallest absolute Gasteiger partial charge is 0.343 e. The van der Waals surface area contributed by atoms with E-state index in [2.05, 4.69) is 0 Å². The molecule has 5 aromatic rings. The van der Waals surface area contributed by atoms with Gasteiger partial charge in [0, 0.05) is 12.1 Å². The summed E-state index contributed by atoms with van der Waals surface area (Å²) in [4.78, 5) is 51.6. The third kappa shape index (κ3) is 7.77. The van der Waals surface area contributed by atoms with E-state index in [0.717, 1.165) is 0 Å². The molecule has 0 saturated heterocycles. The highest BCUT2D eigenvalue weighted by atomic mass is 16.6. The summed E-state index contributed by atoms with van der Waals surface area (Å²) in [5.41, 5.74) is 1.57. The number of methoxy groups -OCH3 is 1. The molecule has 8 heteroatoms. The number of carbonyl (C=O) groups is 4. The minimum Gasteiger partial charge on any atom is -0.496 e. The molecule has 0 heterocycles. The molecule has 0 saturated carbocycles. The van der Waals surface area contributed by atoms with Crippen molar-refractivity contribution in [3.63, 3.8) is 0 Å². The molecule has 0 unspecified atom stereocenters. The third-order valence-electron chi connectivity index (χ3n) is 6.47. The lowest BCUT2D eigenvalue weighted by molar-refractivity contribution is 0.0719. The topological polar surface area (TPSA) is 105 Å².